The number of carbonyl (C=O) groups is 1. The molecule has 0 bridgehead atoms. The Labute approximate surface area is 86.2 Å². The second-order valence-corrected chi connectivity index (χ2v) is 2.87. The van der Waals surface area contributed by atoms with Crippen molar-refractivity contribution in [2.24, 2.45) is 5.73 Å². The molecule has 80 valence electrons. The summed E-state index contributed by atoms with van der Waals surface area (Å²) in [6.45, 7) is 0.503. The van der Waals surface area contributed by atoms with E-state index < -0.39 is 11.8 Å². The minimum atomic E-state index is -1.30. The summed E-state index contributed by atoms with van der Waals surface area (Å²) in [4.78, 5) is 14.3. The number of aromatic nitrogens is 1. The third-order valence-corrected chi connectivity index (χ3v) is 1.73. The van der Waals surface area contributed by atoms with Crippen molar-refractivity contribution in [3.8, 4) is 0 Å². The lowest BCUT2D eigenvalue weighted by molar-refractivity contribution is 0.0691. The Balaban J connectivity index is 2.92. The van der Waals surface area contributed by atoms with Gasteiger partial charge in [-0.3, -0.25) is 4.98 Å². The molecule has 0 saturated carbocycles. The SMILES string of the molecule is NCCC=Cc1cc(C(=O)O)c(F)cn1. The molecule has 0 saturated heterocycles. The Morgan fingerprint density at radius 2 is 2.40 bits per heavy atom. The van der Waals surface area contributed by atoms with E-state index in [1.54, 1.807) is 12.2 Å². The van der Waals surface area contributed by atoms with Crippen molar-refractivity contribution in [1.82, 2.24) is 4.98 Å². The standard InChI is InChI=1S/C10H11FN2O2/c11-9-6-13-7(3-1-2-4-12)5-8(9)10(14)15/h1,3,5-6H,2,4,12H2,(H,14,15). The molecule has 3 N–H and O–H groups in total. The minimum Gasteiger partial charge on any atom is -0.478 e. The maximum absolute atomic E-state index is 12.9. The number of rotatable bonds is 4. The fourth-order valence-corrected chi connectivity index (χ4v) is 1.01. The molecule has 15 heavy (non-hydrogen) atoms. The van der Waals surface area contributed by atoms with E-state index >= 15 is 0 Å². The van der Waals surface area contributed by atoms with Crippen LogP contribution < -0.4 is 5.73 Å². The van der Waals surface area contributed by atoms with Gasteiger partial charge in [-0.1, -0.05) is 6.08 Å². The number of hydrogen-bond donors (Lipinski definition) is 2. The summed E-state index contributed by atoms with van der Waals surface area (Å²) < 4.78 is 12.9. The summed E-state index contributed by atoms with van der Waals surface area (Å²) in [6, 6.07) is 1.19. The topological polar surface area (TPSA) is 76.2 Å². The molecule has 0 atom stereocenters. The quantitative estimate of drug-likeness (QED) is 0.784. The molecule has 1 rings (SSSR count). The van der Waals surface area contributed by atoms with Crippen LogP contribution in [0.5, 0.6) is 0 Å². The second-order valence-electron chi connectivity index (χ2n) is 2.87. The number of carboxylic acids is 1. The Hall–Kier alpha value is -1.75. The number of nitrogens with two attached hydrogens (primary N) is 1. The monoisotopic (exact) mass is 210 g/mol. The number of halogens is 1. The molecule has 0 unspecified atom stereocenters. The van der Waals surface area contributed by atoms with Gasteiger partial charge in [0.25, 0.3) is 0 Å². The average molecular weight is 210 g/mol. The van der Waals surface area contributed by atoms with Crippen molar-refractivity contribution in [3.63, 3.8) is 0 Å². The molecule has 0 fully saturated rings. The highest BCUT2D eigenvalue weighted by atomic mass is 19.1. The average Bonchev–Trinajstić information content (AvgIpc) is 2.20. The largest absolute Gasteiger partial charge is 0.478 e. The van der Waals surface area contributed by atoms with Gasteiger partial charge in [0.2, 0.25) is 0 Å². The molecule has 1 heterocycles. The summed E-state index contributed by atoms with van der Waals surface area (Å²) in [5.41, 5.74) is 5.30. The van der Waals surface area contributed by atoms with E-state index in [1.165, 1.54) is 6.07 Å². The Kier molecular flexibility index (Phi) is 3.93. The number of aromatic carboxylic acids is 1. The van der Waals surface area contributed by atoms with Crippen molar-refractivity contribution in [1.29, 1.82) is 0 Å². The smallest absolute Gasteiger partial charge is 0.338 e. The van der Waals surface area contributed by atoms with Gasteiger partial charge < -0.3 is 10.8 Å². The highest BCUT2D eigenvalue weighted by molar-refractivity contribution is 5.88. The van der Waals surface area contributed by atoms with Crippen molar-refractivity contribution < 1.29 is 14.3 Å². The first-order chi connectivity index (χ1) is 7.15. The summed E-state index contributed by atoms with van der Waals surface area (Å²) in [5, 5.41) is 8.65. The van der Waals surface area contributed by atoms with Gasteiger partial charge in [-0.25, -0.2) is 9.18 Å². The zero-order chi connectivity index (χ0) is 11.3. The lowest BCUT2D eigenvalue weighted by Crippen LogP contribution is -2.02. The molecule has 4 nitrogen and oxygen atoms in total. The van der Waals surface area contributed by atoms with E-state index in [0.29, 0.717) is 18.7 Å². The maximum Gasteiger partial charge on any atom is 0.338 e. The van der Waals surface area contributed by atoms with Crippen LogP contribution in [0.4, 0.5) is 4.39 Å². The lowest BCUT2D eigenvalue weighted by atomic mass is 10.2. The van der Waals surface area contributed by atoms with Crippen LogP contribution in [0.15, 0.2) is 18.3 Å². The molecule has 0 aliphatic carbocycles. The molecule has 1 aromatic heterocycles. The molecule has 0 aliphatic heterocycles. The summed E-state index contributed by atoms with van der Waals surface area (Å²) in [7, 11) is 0. The Bertz CT molecular complexity index is 391. The van der Waals surface area contributed by atoms with Gasteiger partial charge in [0.15, 0.2) is 5.82 Å². The van der Waals surface area contributed by atoms with Crippen LogP contribution in [0.25, 0.3) is 6.08 Å². The van der Waals surface area contributed by atoms with E-state index in [0.717, 1.165) is 6.20 Å². The number of nitrogens with zero attached hydrogens (tertiary/aromatic N) is 1. The maximum atomic E-state index is 12.9. The van der Waals surface area contributed by atoms with Crippen LogP contribution in [0.1, 0.15) is 22.5 Å². The van der Waals surface area contributed by atoms with Crippen LogP contribution in [0.3, 0.4) is 0 Å². The molecular weight excluding hydrogens is 199 g/mol. The number of carboxylic acid groups (broad SMARTS) is 1. The second kappa shape index (κ2) is 5.21. The summed E-state index contributed by atoms with van der Waals surface area (Å²) in [6.07, 6.45) is 4.93. The van der Waals surface area contributed by atoms with Crippen molar-refractivity contribution in [3.05, 3.63) is 35.4 Å². The van der Waals surface area contributed by atoms with Crippen molar-refractivity contribution >= 4 is 12.0 Å². The number of hydrogen-bond acceptors (Lipinski definition) is 3. The van der Waals surface area contributed by atoms with Crippen LogP contribution >= 0.6 is 0 Å². The van der Waals surface area contributed by atoms with Gasteiger partial charge >= 0.3 is 5.97 Å². The van der Waals surface area contributed by atoms with Crippen LogP contribution in [0, 0.1) is 5.82 Å². The summed E-state index contributed by atoms with van der Waals surface area (Å²) >= 11 is 0. The molecule has 0 spiro atoms. The van der Waals surface area contributed by atoms with Crippen LogP contribution in [0.2, 0.25) is 0 Å². The summed E-state index contributed by atoms with van der Waals surface area (Å²) in [5.74, 6) is -2.14. The van der Waals surface area contributed by atoms with Gasteiger partial charge in [-0.2, -0.15) is 0 Å². The zero-order valence-electron chi connectivity index (χ0n) is 7.98. The fraction of sp³-hybridized carbons (Fsp3) is 0.200. The van der Waals surface area contributed by atoms with E-state index in [1.807, 2.05) is 0 Å². The molecule has 0 aliphatic rings. The normalized spacial score (nSPS) is 10.8. The van der Waals surface area contributed by atoms with Gasteiger partial charge in [0, 0.05) is 0 Å². The van der Waals surface area contributed by atoms with E-state index in [2.05, 4.69) is 4.98 Å². The first-order valence-electron chi connectivity index (χ1n) is 4.40. The Morgan fingerprint density at radius 1 is 1.67 bits per heavy atom. The van der Waals surface area contributed by atoms with Gasteiger partial charge in [0.05, 0.1) is 17.5 Å². The van der Waals surface area contributed by atoms with Gasteiger partial charge in [-0.15, -0.1) is 0 Å². The Morgan fingerprint density at radius 3 is 3.00 bits per heavy atom. The van der Waals surface area contributed by atoms with E-state index in [4.69, 9.17) is 10.8 Å². The van der Waals surface area contributed by atoms with Crippen LogP contribution in [-0.2, 0) is 0 Å². The third kappa shape index (κ3) is 3.14. The third-order valence-electron chi connectivity index (χ3n) is 1.73. The van der Waals surface area contributed by atoms with Crippen LogP contribution in [-0.4, -0.2) is 22.6 Å². The van der Waals surface area contributed by atoms with Crippen molar-refractivity contribution in [2.45, 2.75) is 6.42 Å². The zero-order valence-corrected chi connectivity index (χ0v) is 7.98. The van der Waals surface area contributed by atoms with Gasteiger partial charge in [-0.05, 0) is 25.1 Å². The minimum absolute atomic E-state index is 0.377. The highest BCUT2D eigenvalue weighted by Gasteiger charge is 2.10. The first-order valence-corrected chi connectivity index (χ1v) is 4.40. The predicted molar refractivity (Wildman–Crippen MR) is 53.9 cm³/mol. The van der Waals surface area contributed by atoms with Crippen molar-refractivity contribution in [2.75, 3.05) is 6.54 Å². The number of pyridine rings is 1. The fourth-order valence-electron chi connectivity index (χ4n) is 1.01. The van der Waals surface area contributed by atoms with Gasteiger partial charge in [0.1, 0.15) is 0 Å². The molecule has 0 radical (unpaired) electrons. The lowest BCUT2D eigenvalue weighted by Gasteiger charge is -1.98. The first kappa shape index (κ1) is 11.3. The molecule has 1 aromatic rings. The molecule has 5 heteroatoms. The van der Waals surface area contributed by atoms with E-state index in [-0.39, 0.29) is 5.56 Å². The highest BCUT2D eigenvalue weighted by Crippen LogP contribution is 2.09. The van der Waals surface area contributed by atoms with E-state index in [9.17, 15) is 9.18 Å². The molecular formula is C10H11FN2O2. The predicted octanol–water partition coefficient (Wildman–Crippen LogP) is 1.28. The molecule has 0 amide bonds. The molecule has 0 aromatic carbocycles.